The Morgan fingerprint density at radius 1 is 1.55 bits per heavy atom. The number of hydrogen-bond acceptors (Lipinski definition) is 4. The monoisotopic (exact) mass is 305 g/mol. The lowest BCUT2D eigenvalue weighted by atomic mass is 9.96. The van der Waals surface area contributed by atoms with Crippen LogP contribution in [0.4, 0.5) is 17.6 Å². The second-order valence-electron chi connectivity index (χ2n) is 4.85. The first-order valence-corrected chi connectivity index (χ1v) is 5.91. The molecule has 0 aliphatic carbocycles. The fourth-order valence-corrected chi connectivity index (χ4v) is 1.63. The van der Waals surface area contributed by atoms with E-state index in [2.05, 4.69) is 5.32 Å². The lowest BCUT2D eigenvalue weighted by Crippen LogP contribution is -2.54. The zero-order valence-electron chi connectivity index (χ0n) is 11.2. The molecule has 0 saturated carbocycles. The molecule has 20 heavy (non-hydrogen) atoms. The topological polar surface area (TPSA) is 78.8 Å². The first kappa shape index (κ1) is 19.1. The molecule has 120 valence electrons. The zero-order chi connectivity index (χ0) is 16.0. The number of carboxylic acid groups (broad SMARTS) is 1. The molecule has 3 atom stereocenters. The van der Waals surface area contributed by atoms with Crippen molar-refractivity contribution in [3.63, 3.8) is 0 Å². The number of morpholine rings is 1. The van der Waals surface area contributed by atoms with Crippen LogP contribution >= 0.6 is 0 Å². The molecule has 0 aromatic heterocycles. The van der Waals surface area contributed by atoms with E-state index in [-0.39, 0.29) is 17.7 Å². The largest absolute Gasteiger partial charge is 0.490 e. The third-order valence-corrected chi connectivity index (χ3v) is 2.55. The summed E-state index contributed by atoms with van der Waals surface area (Å²) in [6.45, 7) is 4.26. The van der Waals surface area contributed by atoms with Crippen LogP contribution < -0.4 is 5.32 Å². The molecule has 3 N–H and O–H groups in total. The molecule has 9 heteroatoms. The van der Waals surface area contributed by atoms with Crippen LogP contribution in [0.1, 0.15) is 20.3 Å². The van der Waals surface area contributed by atoms with Crippen LogP contribution in [0.2, 0.25) is 0 Å². The molecule has 0 aromatic rings. The molecule has 0 aromatic carbocycles. The second-order valence-corrected chi connectivity index (χ2v) is 4.85. The molecule has 0 bridgehead atoms. The van der Waals surface area contributed by atoms with Crippen molar-refractivity contribution in [3.8, 4) is 0 Å². The van der Waals surface area contributed by atoms with Gasteiger partial charge in [-0.15, -0.1) is 0 Å². The lowest BCUT2D eigenvalue weighted by molar-refractivity contribution is -0.192. The number of halogens is 4. The predicted molar refractivity (Wildman–Crippen MR) is 62.1 cm³/mol. The normalized spacial score (nSPS) is 28.2. The molecule has 0 spiro atoms. The van der Waals surface area contributed by atoms with Crippen LogP contribution in [-0.2, 0) is 9.53 Å². The highest BCUT2D eigenvalue weighted by Gasteiger charge is 2.38. The molecule has 1 aliphatic heterocycles. The van der Waals surface area contributed by atoms with E-state index >= 15 is 0 Å². The van der Waals surface area contributed by atoms with Crippen molar-refractivity contribution >= 4 is 5.97 Å². The standard InChI is InChI=1S/C9H18FNO2.C2HF3O2/c1-7(12)3-9(2)6-11-8(4-10)5-13-9;3-2(4,5)1(6)7/h7-8,11-12H,3-6H2,1-2H3;(H,6,7). The maximum absolute atomic E-state index is 12.2. The van der Waals surface area contributed by atoms with E-state index < -0.39 is 18.8 Å². The number of nitrogens with one attached hydrogen (secondary N) is 1. The Kier molecular flexibility index (Phi) is 7.39. The number of carbonyl (C=O) groups is 1. The zero-order valence-corrected chi connectivity index (χ0v) is 11.2. The van der Waals surface area contributed by atoms with Crippen molar-refractivity contribution in [3.05, 3.63) is 0 Å². The van der Waals surface area contributed by atoms with Gasteiger partial charge in [0.05, 0.1) is 24.4 Å². The fraction of sp³-hybridized carbons (Fsp3) is 0.909. The number of hydrogen-bond donors (Lipinski definition) is 3. The number of rotatable bonds is 3. The first-order chi connectivity index (χ1) is 9.00. The molecule has 1 fully saturated rings. The van der Waals surface area contributed by atoms with Gasteiger partial charge in [-0.05, 0) is 13.8 Å². The van der Waals surface area contributed by atoms with E-state index in [1.807, 2.05) is 6.92 Å². The molecule has 3 unspecified atom stereocenters. The number of ether oxygens (including phenoxy) is 1. The van der Waals surface area contributed by atoms with Gasteiger partial charge in [0, 0.05) is 13.0 Å². The number of carboxylic acids is 1. The number of aliphatic hydroxyl groups excluding tert-OH is 1. The highest BCUT2D eigenvalue weighted by Crippen LogP contribution is 2.20. The Hall–Kier alpha value is -0.930. The first-order valence-electron chi connectivity index (χ1n) is 5.91. The molecule has 1 saturated heterocycles. The van der Waals surface area contributed by atoms with Crippen molar-refractivity contribution in [2.24, 2.45) is 0 Å². The number of aliphatic hydroxyl groups is 1. The smallest absolute Gasteiger partial charge is 0.475 e. The van der Waals surface area contributed by atoms with Gasteiger partial charge in [0.2, 0.25) is 0 Å². The van der Waals surface area contributed by atoms with Crippen LogP contribution in [0.3, 0.4) is 0 Å². The van der Waals surface area contributed by atoms with E-state index in [0.717, 1.165) is 0 Å². The van der Waals surface area contributed by atoms with Gasteiger partial charge in [0.1, 0.15) is 6.67 Å². The van der Waals surface area contributed by atoms with Crippen LogP contribution in [-0.4, -0.2) is 59.9 Å². The summed E-state index contributed by atoms with van der Waals surface area (Å²) in [6.07, 6.45) is -4.88. The van der Waals surface area contributed by atoms with Gasteiger partial charge < -0.3 is 20.3 Å². The second kappa shape index (κ2) is 7.75. The number of aliphatic carboxylic acids is 1. The molecule has 1 aliphatic rings. The molecular formula is C11H19F4NO4. The summed E-state index contributed by atoms with van der Waals surface area (Å²) in [4.78, 5) is 8.90. The van der Waals surface area contributed by atoms with Crippen molar-refractivity contribution in [1.29, 1.82) is 0 Å². The minimum absolute atomic E-state index is 0.179. The van der Waals surface area contributed by atoms with Gasteiger partial charge in [-0.25, -0.2) is 9.18 Å². The van der Waals surface area contributed by atoms with E-state index in [0.29, 0.717) is 19.6 Å². The van der Waals surface area contributed by atoms with Crippen LogP contribution in [0, 0.1) is 0 Å². The number of alkyl halides is 4. The van der Waals surface area contributed by atoms with Crippen LogP contribution in [0.5, 0.6) is 0 Å². The maximum Gasteiger partial charge on any atom is 0.490 e. The average molecular weight is 305 g/mol. The van der Waals surface area contributed by atoms with Crippen molar-refractivity contribution in [2.75, 3.05) is 19.8 Å². The van der Waals surface area contributed by atoms with Gasteiger partial charge >= 0.3 is 12.1 Å². The van der Waals surface area contributed by atoms with Crippen molar-refractivity contribution < 1.29 is 37.3 Å². The molecule has 5 nitrogen and oxygen atoms in total. The quantitative estimate of drug-likeness (QED) is 0.681. The Morgan fingerprint density at radius 3 is 2.30 bits per heavy atom. The molecule has 0 amide bonds. The molecular weight excluding hydrogens is 286 g/mol. The van der Waals surface area contributed by atoms with E-state index in [9.17, 15) is 22.7 Å². The third kappa shape index (κ3) is 7.61. The molecule has 1 rings (SSSR count). The van der Waals surface area contributed by atoms with Gasteiger partial charge in [-0.2, -0.15) is 13.2 Å². The van der Waals surface area contributed by atoms with Crippen LogP contribution in [0.25, 0.3) is 0 Å². The maximum atomic E-state index is 12.2. The summed E-state index contributed by atoms with van der Waals surface area (Å²) in [5, 5.41) is 19.4. The Morgan fingerprint density at radius 2 is 2.05 bits per heavy atom. The highest BCUT2D eigenvalue weighted by molar-refractivity contribution is 5.73. The minimum Gasteiger partial charge on any atom is -0.475 e. The molecule has 0 radical (unpaired) electrons. The van der Waals surface area contributed by atoms with Gasteiger partial charge in [-0.1, -0.05) is 0 Å². The average Bonchev–Trinajstić information content (AvgIpc) is 2.28. The summed E-state index contributed by atoms with van der Waals surface area (Å²) in [5.74, 6) is -2.76. The molecule has 1 heterocycles. The summed E-state index contributed by atoms with van der Waals surface area (Å²) < 4.78 is 49.5. The van der Waals surface area contributed by atoms with Gasteiger partial charge in [-0.3, -0.25) is 0 Å². The minimum atomic E-state index is -5.08. The predicted octanol–water partition coefficient (Wildman–Crippen LogP) is 1.11. The van der Waals surface area contributed by atoms with Gasteiger partial charge in [0.15, 0.2) is 0 Å². The van der Waals surface area contributed by atoms with E-state index in [4.69, 9.17) is 14.6 Å². The Bertz CT molecular complexity index is 301. The van der Waals surface area contributed by atoms with Crippen molar-refractivity contribution in [2.45, 2.75) is 44.2 Å². The Labute approximate surface area is 113 Å². The van der Waals surface area contributed by atoms with Gasteiger partial charge in [0.25, 0.3) is 0 Å². The van der Waals surface area contributed by atoms with Crippen LogP contribution in [0.15, 0.2) is 0 Å². The van der Waals surface area contributed by atoms with E-state index in [1.165, 1.54) is 0 Å². The SMILES string of the molecule is CC(O)CC1(C)CNC(CF)CO1.O=C(O)C(F)(F)F. The fourth-order valence-electron chi connectivity index (χ4n) is 1.63. The summed E-state index contributed by atoms with van der Waals surface area (Å²) >= 11 is 0. The highest BCUT2D eigenvalue weighted by atomic mass is 19.4. The summed E-state index contributed by atoms with van der Waals surface area (Å²) in [7, 11) is 0. The third-order valence-electron chi connectivity index (χ3n) is 2.55. The van der Waals surface area contributed by atoms with E-state index in [1.54, 1.807) is 6.92 Å². The lowest BCUT2D eigenvalue weighted by Gasteiger charge is -2.38. The van der Waals surface area contributed by atoms with Crippen molar-refractivity contribution in [1.82, 2.24) is 5.32 Å². The Balaban J connectivity index is 0.000000441. The summed E-state index contributed by atoms with van der Waals surface area (Å²) in [5.41, 5.74) is -0.347. The summed E-state index contributed by atoms with van der Waals surface area (Å²) in [6, 6.07) is -0.179.